The van der Waals surface area contributed by atoms with Gasteiger partial charge >= 0.3 is 0 Å². The molecule has 0 saturated heterocycles. The van der Waals surface area contributed by atoms with Crippen molar-refractivity contribution < 1.29 is 4.74 Å². The average molecular weight is 211 g/mol. The molecule has 2 unspecified atom stereocenters. The smallest absolute Gasteiger partial charge is 0.0488 e. The van der Waals surface area contributed by atoms with Crippen molar-refractivity contribution in [3.05, 3.63) is 11.6 Å². The number of hydrogen-bond donors (Lipinski definition) is 1. The number of methoxy groups -OCH3 is 1. The van der Waals surface area contributed by atoms with Gasteiger partial charge in [0.2, 0.25) is 0 Å². The molecule has 0 bridgehead atoms. The predicted octanol–water partition coefficient (Wildman–Crippen LogP) is 2.75. The lowest BCUT2D eigenvalue weighted by Crippen LogP contribution is -2.31. The summed E-state index contributed by atoms with van der Waals surface area (Å²) in [6.45, 7) is 3.13. The first-order chi connectivity index (χ1) is 7.27. The summed E-state index contributed by atoms with van der Waals surface area (Å²) in [4.78, 5) is 0. The van der Waals surface area contributed by atoms with Crippen molar-refractivity contribution in [2.24, 2.45) is 5.92 Å². The summed E-state index contributed by atoms with van der Waals surface area (Å²) in [5, 5.41) is 3.44. The Morgan fingerprint density at radius 3 is 2.80 bits per heavy atom. The minimum atomic E-state index is 0.565. The largest absolute Gasteiger partial charge is 0.384 e. The summed E-state index contributed by atoms with van der Waals surface area (Å²) in [5.74, 6) is 0.635. The fraction of sp³-hybridized carbons (Fsp3) is 0.846. The molecule has 0 aliphatic heterocycles. The first kappa shape index (κ1) is 12.7. The molecular weight excluding hydrogens is 186 g/mol. The van der Waals surface area contributed by atoms with Crippen molar-refractivity contribution in [3.63, 3.8) is 0 Å². The molecule has 1 aliphatic rings. The molecule has 1 rings (SSSR count). The van der Waals surface area contributed by atoms with Crippen LogP contribution in [0.1, 0.15) is 39.0 Å². The van der Waals surface area contributed by atoms with Gasteiger partial charge in [0.1, 0.15) is 0 Å². The fourth-order valence-corrected chi connectivity index (χ4v) is 2.39. The molecule has 1 aliphatic carbocycles. The summed E-state index contributed by atoms with van der Waals surface area (Å²) in [5.41, 5.74) is 1.62. The molecule has 88 valence electrons. The van der Waals surface area contributed by atoms with Crippen molar-refractivity contribution in [2.45, 2.75) is 45.1 Å². The van der Waals surface area contributed by atoms with Gasteiger partial charge < -0.3 is 10.1 Å². The molecule has 1 N–H and O–H groups in total. The van der Waals surface area contributed by atoms with Gasteiger partial charge in [-0.05, 0) is 45.1 Å². The lowest BCUT2D eigenvalue weighted by atomic mass is 9.89. The van der Waals surface area contributed by atoms with Crippen LogP contribution in [0.15, 0.2) is 11.6 Å². The van der Waals surface area contributed by atoms with Crippen LogP contribution in [0.25, 0.3) is 0 Å². The molecule has 0 saturated carbocycles. The number of rotatable bonds is 6. The van der Waals surface area contributed by atoms with Gasteiger partial charge in [0, 0.05) is 19.8 Å². The Kier molecular flexibility index (Phi) is 5.96. The molecular formula is C13H25NO. The molecule has 2 nitrogen and oxygen atoms in total. The standard InChI is InChI=1S/C13H25NO/c1-11(10-15-3)9-13(14-2)12-7-5-4-6-8-12/h7,11,13-14H,4-6,8-10H2,1-3H3. The monoisotopic (exact) mass is 211 g/mol. The van der Waals surface area contributed by atoms with Gasteiger partial charge in [-0.1, -0.05) is 18.6 Å². The van der Waals surface area contributed by atoms with Gasteiger partial charge in [-0.3, -0.25) is 0 Å². The second-order valence-electron chi connectivity index (χ2n) is 4.66. The Labute approximate surface area is 94.1 Å². The van der Waals surface area contributed by atoms with Crippen molar-refractivity contribution in [1.82, 2.24) is 5.32 Å². The molecule has 0 aromatic heterocycles. The zero-order valence-electron chi connectivity index (χ0n) is 10.4. The van der Waals surface area contributed by atoms with E-state index in [0.29, 0.717) is 12.0 Å². The fourth-order valence-electron chi connectivity index (χ4n) is 2.39. The number of allylic oxidation sites excluding steroid dienone is 1. The Morgan fingerprint density at radius 2 is 2.27 bits per heavy atom. The predicted molar refractivity (Wildman–Crippen MR) is 65.1 cm³/mol. The Morgan fingerprint density at radius 1 is 1.47 bits per heavy atom. The molecule has 0 heterocycles. The van der Waals surface area contributed by atoms with Gasteiger partial charge in [-0.2, -0.15) is 0 Å². The first-order valence-corrected chi connectivity index (χ1v) is 6.13. The van der Waals surface area contributed by atoms with Crippen LogP contribution in [-0.2, 0) is 4.74 Å². The van der Waals surface area contributed by atoms with Crippen LogP contribution >= 0.6 is 0 Å². The SMILES string of the molecule is CNC(CC(C)COC)C1=CCCCC1. The minimum absolute atomic E-state index is 0.565. The highest BCUT2D eigenvalue weighted by Crippen LogP contribution is 2.23. The molecule has 0 radical (unpaired) electrons. The topological polar surface area (TPSA) is 21.3 Å². The lowest BCUT2D eigenvalue weighted by Gasteiger charge is -2.25. The molecule has 15 heavy (non-hydrogen) atoms. The highest BCUT2D eigenvalue weighted by atomic mass is 16.5. The zero-order chi connectivity index (χ0) is 11.1. The van der Waals surface area contributed by atoms with E-state index in [-0.39, 0.29) is 0 Å². The molecule has 0 aromatic carbocycles. The Hall–Kier alpha value is -0.340. The third-order valence-corrected chi connectivity index (χ3v) is 3.21. The van der Waals surface area contributed by atoms with E-state index in [2.05, 4.69) is 25.4 Å². The van der Waals surface area contributed by atoms with E-state index in [1.54, 1.807) is 12.7 Å². The molecule has 2 atom stereocenters. The summed E-state index contributed by atoms with van der Waals surface area (Å²) in [6, 6.07) is 0.565. The summed E-state index contributed by atoms with van der Waals surface area (Å²) < 4.78 is 5.19. The van der Waals surface area contributed by atoms with E-state index in [0.717, 1.165) is 6.61 Å². The van der Waals surface area contributed by atoms with Crippen LogP contribution in [-0.4, -0.2) is 26.8 Å². The van der Waals surface area contributed by atoms with Gasteiger partial charge in [0.25, 0.3) is 0 Å². The lowest BCUT2D eigenvalue weighted by molar-refractivity contribution is 0.151. The van der Waals surface area contributed by atoms with E-state index in [4.69, 9.17) is 4.74 Å². The van der Waals surface area contributed by atoms with E-state index >= 15 is 0 Å². The van der Waals surface area contributed by atoms with E-state index in [1.807, 2.05) is 0 Å². The van der Waals surface area contributed by atoms with Gasteiger partial charge in [0.05, 0.1) is 0 Å². The molecule has 0 amide bonds. The molecule has 0 spiro atoms. The van der Waals surface area contributed by atoms with Crippen LogP contribution < -0.4 is 5.32 Å². The van der Waals surface area contributed by atoms with Gasteiger partial charge in [0.15, 0.2) is 0 Å². The number of hydrogen-bond acceptors (Lipinski definition) is 2. The van der Waals surface area contributed by atoms with Crippen LogP contribution in [0.3, 0.4) is 0 Å². The summed E-state index contributed by atoms with van der Waals surface area (Å²) in [7, 11) is 3.85. The van der Waals surface area contributed by atoms with E-state index in [1.165, 1.54) is 32.1 Å². The molecule has 0 fully saturated rings. The Balaban J connectivity index is 2.43. The number of likely N-dealkylation sites (N-methyl/N-ethyl adjacent to an activating group) is 1. The number of nitrogens with one attached hydrogen (secondary N) is 1. The van der Waals surface area contributed by atoms with Crippen molar-refractivity contribution in [1.29, 1.82) is 0 Å². The van der Waals surface area contributed by atoms with Crippen molar-refractivity contribution in [3.8, 4) is 0 Å². The second-order valence-corrected chi connectivity index (χ2v) is 4.66. The Bertz CT molecular complexity index is 201. The molecule has 2 heteroatoms. The van der Waals surface area contributed by atoms with Gasteiger partial charge in [-0.25, -0.2) is 0 Å². The second kappa shape index (κ2) is 7.02. The first-order valence-electron chi connectivity index (χ1n) is 6.13. The van der Waals surface area contributed by atoms with Gasteiger partial charge in [-0.15, -0.1) is 0 Å². The number of ether oxygens (including phenoxy) is 1. The zero-order valence-corrected chi connectivity index (χ0v) is 10.4. The highest BCUT2D eigenvalue weighted by molar-refractivity contribution is 5.13. The highest BCUT2D eigenvalue weighted by Gasteiger charge is 2.17. The van der Waals surface area contributed by atoms with E-state index in [9.17, 15) is 0 Å². The summed E-state index contributed by atoms with van der Waals surface area (Å²) in [6.07, 6.45) is 8.91. The average Bonchev–Trinajstić information content (AvgIpc) is 2.27. The van der Waals surface area contributed by atoms with Crippen LogP contribution in [0.2, 0.25) is 0 Å². The van der Waals surface area contributed by atoms with Crippen LogP contribution in [0.5, 0.6) is 0 Å². The maximum Gasteiger partial charge on any atom is 0.0488 e. The van der Waals surface area contributed by atoms with E-state index < -0.39 is 0 Å². The van der Waals surface area contributed by atoms with Crippen molar-refractivity contribution in [2.75, 3.05) is 20.8 Å². The normalized spacial score (nSPS) is 20.9. The van der Waals surface area contributed by atoms with Crippen LogP contribution in [0.4, 0.5) is 0 Å². The van der Waals surface area contributed by atoms with Crippen molar-refractivity contribution >= 4 is 0 Å². The summed E-state index contributed by atoms with van der Waals surface area (Å²) >= 11 is 0. The molecule has 0 aromatic rings. The third-order valence-electron chi connectivity index (χ3n) is 3.21. The maximum atomic E-state index is 5.19. The van der Waals surface area contributed by atoms with Crippen LogP contribution in [0, 0.1) is 5.92 Å². The third kappa shape index (κ3) is 4.35. The maximum absolute atomic E-state index is 5.19. The minimum Gasteiger partial charge on any atom is -0.384 e. The quantitative estimate of drug-likeness (QED) is 0.682.